The van der Waals surface area contributed by atoms with Gasteiger partial charge in [0.15, 0.2) is 0 Å². The van der Waals surface area contributed by atoms with Crippen LogP contribution in [-0.2, 0) is 11.3 Å². The molecule has 0 aromatic heterocycles. The van der Waals surface area contributed by atoms with Crippen LogP contribution in [0.15, 0.2) is 18.2 Å². The molecule has 0 aliphatic carbocycles. The minimum atomic E-state index is 0.270. The van der Waals surface area contributed by atoms with Gasteiger partial charge in [-0.3, -0.25) is 4.79 Å². The predicted octanol–water partition coefficient (Wildman–Crippen LogP) is 2.00. The van der Waals surface area contributed by atoms with Crippen LogP contribution in [0.1, 0.15) is 32.3 Å². The number of anilines is 1. The maximum Gasteiger partial charge on any atom is 0.222 e. The molecule has 0 spiro atoms. The van der Waals surface area contributed by atoms with Crippen molar-refractivity contribution >= 4 is 11.6 Å². The van der Waals surface area contributed by atoms with Crippen LogP contribution in [0.4, 0.5) is 5.69 Å². The van der Waals surface area contributed by atoms with Crippen LogP contribution in [-0.4, -0.2) is 49.6 Å². The highest BCUT2D eigenvalue weighted by atomic mass is 16.5. The van der Waals surface area contributed by atoms with Crippen LogP contribution >= 0.6 is 0 Å². The van der Waals surface area contributed by atoms with Gasteiger partial charge in [0.1, 0.15) is 5.75 Å². The molecule has 1 amide bonds. The molecule has 0 radical (unpaired) electrons. The maximum absolute atomic E-state index is 11.9. The third-order valence-corrected chi connectivity index (χ3v) is 4.69. The largest absolute Gasteiger partial charge is 0.495 e. The summed E-state index contributed by atoms with van der Waals surface area (Å²) in [4.78, 5) is 16.2. The quantitative estimate of drug-likeness (QED) is 0.922. The molecule has 0 unspecified atom stereocenters. The Morgan fingerprint density at radius 3 is 2.61 bits per heavy atom. The number of carbonyl (C=O) groups is 1. The molecule has 0 bridgehead atoms. The summed E-state index contributed by atoms with van der Waals surface area (Å²) in [6.45, 7) is 7.93. The van der Waals surface area contributed by atoms with Gasteiger partial charge in [-0.25, -0.2) is 0 Å². The Balaban J connectivity index is 1.82. The monoisotopic (exact) mass is 317 g/mol. The average molecular weight is 317 g/mol. The lowest BCUT2D eigenvalue weighted by Crippen LogP contribution is -2.54. The standard InChI is InChI=1S/C18H27N3O2/c1-13-10-21(11-14(2)19-13)16-9-15(6-7-17(16)23-3)12-20-8-4-5-18(20)22/h6-7,9,13-14,19H,4-5,8,10-12H2,1-3H3/t13-,14+. The smallest absolute Gasteiger partial charge is 0.222 e. The van der Waals surface area contributed by atoms with Crippen molar-refractivity contribution in [3.05, 3.63) is 23.8 Å². The molecule has 0 saturated carbocycles. The van der Waals surface area contributed by atoms with Gasteiger partial charge in [0.25, 0.3) is 0 Å². The molecule has 2 heterocycles. The Morgan fingerprint density at radius 1 is 1.26 bits per heavy atom. The van der Waals surface area contributed by atoms with E-state index >= 15 is 0 Å². The molecule has 23 heavy (non-hydrogen) atoms. The first-order chi connectivity index (χ1) is 11.1. The summed E-state index contributed by atoms with van der Waals surface area (Å²) >= 11 is 0. The van der Waals surface area contributed by atoms with Gasteiger partial charge in [-0.05, 0) is 38.0 Å². The Morgan fingerprint density at radius 2 is 2.00 bits per heavy atom. The summed E-state index contributed by atoms with van der Waals surface area (Å²) in [6.07, 6.45) is 1.67. The van der Waals surface area contributed by atoms with Gasteiger partial charge in [-0.15, -0.1) is 0 Å². The first kappa shape index (κ1) is 16.1. The van der Waals surface area contributed by atoms with Crippen molar-refractivity contribution < 1.29 is 9.53 Å². The number of ether oxygens (including phenoxy) is 1. The topological polar surface area (TPSA) is 44.8 Å². The average Bonchev–Trinajstić information content (AvgIpc) is 2.91. The number of methoxy groups -OCH3 is 1. The van der Waals surface area contributed by atoms with Gasteiger partial charge < -0.3 is 19.9 Å². The van der Waals surface area contributed by atoms with Gasteiger partial charge in [0.2, 0.25) is 5.91 Å². The number of nitrogens with zero attached hydrogens (tertiary/aromatic N) is 2. The van der Waals surface area contributed by atoms with Crippen LogP contribution in [0.2, 0.25) is 0 Å². The lowest BCUT2D eigenvalue weighted by Gasteiger charge is -2.38. The molecule has 5 nitrogen and oxygen atoms in total. The van der Waals surface area contributed by atoms with Crippen molar-refractivity contribution in [1.29, 1.82) is 0 Å². The van der Waals surface area contributed by atoms with Crippen molar-refractivity contribution in [3.8, 4) is 5.75 Å². The molecule has 1 aromatic rings. The zero-order valence-electron chi connectivity index (χ0n) is 14.3. The molecule has 2 atom stereocenters. The molecule has 1 aromatic carbocycles. The van der Waals surface area contributed by atoms with E-state index in [1.165, 1.54) is 5.56 Å². The molecule has 3 rings (SSSR count). The van der Waals surface area contributed by atoms with Gasteiger partial charge in [-0.2, -0.15) is 0 Å². The fourth-order valence-corrected chi connectivity index (χ4v) is 3.70. The van der Waals surface area contributed by atoms with E-state index in [1.807, 2.05) is 11.0 Å². The highest BCUT2D eigenvalue weighted by Gasteiger charge is 2.25. The van der Waals surface area contributed by atoms with Crippen molar-refractivity contribution in [2.45, 2.75) is 45.3 Å². The number of carbonyl (C=O) groups excluding carboxylic acids is 1. The van der Waals surface area contributed by atoms with Crippen LogP contribution in [0.3, 0.4) is 0 Å². The third kappa shape index (κ3) is 3.61. The second-order valence-electron chi connectivity index (χ2n) is 6.80. The molecule has 2 saturated heterocycles. The first-order valence-corrected chi connectivity index (χ1v) is 8.52. The fraction of sp³-hybridized carbons (Fsp3) is 0.611. The fourth-order valence-electron chi connectivity index (χ4n) is 3.70. The lowest BCUT2D eigenvalue weighted by atomic mass is 10.1. The molecule has 2 aliphatic heterocycles. The Hall–Kier alpha value is -1.75. The predicted molar refractivity (Wildman–Crippen MR) is 91.9 cm³/mol. The minimum Gasteiger partial charge on any atom is -0.495 e. The molecule has 2 aliphatic rings. The van der Waals surface area contributed by atoms with Crippen molar-refractivity contribution in [2.75, 3.05) is 31.6 Å². The number of likely N-dealkylation sites (tertiary alicyclic amines) is 1. The number of rotatable bonds is 4. The van der Waals surface area contributed by atoms with E-state index in [-0.39, 0.29) is 5.91 Å². The second-order valence-corrected chi connectivity index (χ2v) is 6.80. The number of hydrogen-bond acceptors (Lipinski definition) is 4. The van der Waals surface area contributed by atoms with E-state index < -0.39 is 0 Å². The zero-order chi connectivity index (χ0) is 16.4. The molecule has 126 valence electrons. The van der Waals surface area contributed by atoms with E-state index in [1.54, 1.807) is 7.11 Å². The number of hydrogen-bond donors (Lipinski definition) is 1. The van der Waals surface area contributed by atoms with Gasteiger partial charge in [0.05, 0.1) is 12.8 Å². The van der Waals surface area contributed by atoms with E-state index in [0.717, 1.165) is 37.5 Å². The minimum absolute atomic E-state index is 0.270. The lowest BCUT2D eigenvalue weighted by molar-refractivity contribution is -0.128. The molecular formula is C18H27N3O2. The second kappa shape index (κ2) is 6.79. The van der Waals surface area contributed by atoms with E-state index in [9.17, 15) is 4.79 Å². The van der Waals surface area contributed by atoms with Gasteiger partial charge in [0, 0.05) is 44.7 Å². The Labute approximate surface area is 138 Å². The van der Waals surface area contributed by atoms with E-state index in [4.69, 9.17) is 4.74 Å². The number of benzene rings is 1. The normalized spacial score (nSPS) is 25.1. The van der Waals surface area contributed by atoms with E-state index in [0.29, 0.717) is 25.0 Å². The molecule has 5 heteroatoms. The first-order valence-electron chi connectivity index (χ1n) is 8.52. The summed E-state index contributed by atoms with van der Waals surface area (Å²) < 4.78 is 5.57. The highest BCUT2D eigenvalue weighted by molar-refractivity contribution is 5.78. The Bertz CT molecular complexity index is 565. The molecular weight excluding hydrogens is 290 g/mol. The van der Waals surface area contributed by atoms with Crippen molar-refractivity contribution in [3.63, 3.8) is 0 Å². The third-order valence-electron chi connectivity index (χ3n) is 4.69. The van der Waals surface area contributed by atoms with Crippen LogP contribution in [0, 0.1) is 0 Å². The van der Waals surface area contributed by atoms with Crippen molar-refractivity contribution in [2.24, 2.45) is 0 Å². The van der Waals surface area contributed by atoms with Crippen LogP contribution in [0.5, 0.6) is 5.75 Å². The van der Waals surface area contributed by atoms with Gasteiger partial charge in [-0.1, -0.05) is 6.07 Å². The summed E-state index contributed by atoms with van der Waals surface area (Å²) in [5.74, 6) is 1.18. The molecule has 2 fully saturated rings. The van der Waals surface area contributed by atoms with E-state index in [2.05, 4.69) is 36.2 Å². The highest BCUT2D eigenvalue weighted by Crippen LogP contribution is 2.31. The van der Waals surface area contributed by atoms with Crippen molar-refractivity contribution in [1.82, 2.24) is 10.2 Å². The number of amides is 1. The van der Waals surface area contributed by atoms with Gasteiger partial charge >= 0.3 is 0 Å². The zero-order valence-corrected chi connectivity index (χ0v) is 14.3. The SMILES string of the molecule is COc1ccc(CN2CCCC2=O)cc1N1C[C@@H](C)N[C@@H](C)C1. The molecule has 1 N–H and O–H groups in total. The maximum atomic E-state index is 11.9. The number of nitrogens with one attached hydrogen (secondary N) is 1. The summed E-state index contributed by atoms with van der Waals surface area (Å²) in [5.41, 5.74) is 2.31. The summed E-state index contributed by atoms with van der Waals surface area (Å²) in [5, 5.41) is 3.56. The summed E-state index contributed by atoms with van der Waals surface area (Å²) in [7, 11) is 1.72. The number of piperazine rings is 1. The van der Waals surface area contributed by atoms with Crippen LogP contribution in [0.25, 0.3) is 0 Å². The summed E-state index contributed by atoms with van der Waals surface area (Å²) in [6, 6.07) is 7.19. The Kier molecular flexibility index (Phi) is 4.76. The van der Waals surface area contributed by atoms with Crippen LogP contribution < -0.4 is 15.0 Å².